The number of allylic oxidation sites excluding steroid dienone is 4. The van der Waals surface area contributed by atoms with Crippen LogP contribution in [0.2, 0.25) is 0 Å². The van der Waals surface area contributed by atoms with Crippen LogP contribution in [-0.2, 0) is 0 Å². The van der Waals surface area contributed by atoms with Gasteiger partial charge in [0.05, 0.1) is 5.57 Å². The maximum atomic E-state index is 13.5. The van der Waals surface area contributed by atoms with E-state index in [4.69, 9.17) is 0 Å². The first-order chi connectivity index (χ1) is 8.71. The Labute approximate surface area is 106 Å². The SMILES string of the molecule is CC(F)/C=C/C(F)=C(/c1ccc(F)cc1)C(F)(F)F. The van der Waals surface area contributed by atoms with Gasteiger partial charge in [-0.3, -0.25) is 0 Å². The maximum absolute atomic E-state index is 13.5. The number of hydrogen-bond donors (Lipinski definition) is 0. The number of rotatable bonds is 3. The molecule has 1 aromatic carbocycles. The van der Waals surface area contributed by atoms with Crippen molar-refractivity contribution in [1.29, 1.82) is 0 Å². The number of alkyl halides is 4. The minimum atomic E-state index is -4.97. The second kappa shape index (κ2) is 5.95. The summed E-state index contributed by atoms with van der Waals surface area (Å²) in [5.74, 6) is -2.36. The highest BCUT2D eigenvalue weighted by atomic mass is 19.4. The van der Waals surface area contributed by atoms with Crippen molar-refractivity contribution in [2.75, 3.05) is 0 Å². The van der Waals surface area contributed by atoms with E-state index in [1.54, 1.807) is 0 Å². The summed E-state index contributed by atoms with van der Waals surface area (Å²) in [7, 11) is 0. The van der Waals surface area contributed by atoms with Gasteiger partial charge in [-0.25, -0.2) is 13.2 Å². The molecule has 6 heteroatoms. The van der Waals surface area contributed by atoms with Crippen molar-refractivity contribution in [3.8, 4) is 0 Å². The average Bonchev–Trinajstić information content (AvgIpc) is 2.27. The van der Waals surface area contributed by atoms with Crippen molar-refractivity contribution in [2.45, 2.75) is 19.3 Å². The molecule has 0 saturated heterocycles. The van der Waals surface area contributed by atoms with Crippen LogP contribution in [0.15, 0.2) is 42.2 Å². The Kier molecular flexibility index (Phi) is 4.80. The molecule has 1 unspecified atom stereocenters. The molecule has 1 atom stereocenters. The van der Waals surface area contributed by atoms with Gasteiger partial charge in [-0.05, 0) is 36.8 Å². The lowest BCUT2D eigenvalue weighted by Crippen LogP contribution is -2.12. The summed E-state index contributed by atoms with van der Waals surface area (Å²) in [5.41, 5.74) is -2.09. The number of halogens is 6. The Morgan fingerprint density at radius 3 is 2.11 bits per heavy atom. The summed E-state index contributed by atoms with van der Waals surface area (Å²) >= 11 is 0. The third-order valence-electron chi connectivity index (χ3n) is 2.16. The highest BCUT2D eigenvalue weighted by molar-refractivity contribution is 5.73. The molecule has 0 saturated carbocycles. The molecule has 0 spiro atoms. The monoisotopic (exact) mass is 280 g/mol. The van der Waals surface area contributed by atoms with Crippen LogP contribution in [0.3, 0.4) is 0 Å². The van der Waals surface area contributed by atoms with Crippen LogP contribution in [0.25, 0.3) is 5.57 Å². The second-order valence-electron chi connectivity index (χ2n) is 3.76. The van der Waals surface area contributed by atoms with E-state index in [9.17, 15) is 26.3 Å². The third kappa shape index (κ3) is 4.46. The van der Waals surface area contributed by atoms with Crippen LogP contribution < -0.4 is 0 Å². The highest BCUT2D eigenvalue weighted by Gasteiger charge is 2.37. The van der Waals surface area contributed by atoms with Crippen LogP contribution in [0.4, 0.5) is 26.3 Å². The standard InChI is InChI=1S/C13H10F6/c1-8(14)2-7-11(16)12(13(17,18)19)9-3-5-10(15)6-4-9/h2-8H,1H3/b7-2+,12-11+. The zero-order valence-corrected chi connectivity index (χ0v) is 9.81. The molecule has 0 aliphatic carbocycles. The zero-order valence-electron chi connectivity index (χ0n) is 9.81. The van der Waals surface area contributed by atoms with Gasteiger partial charge >= 0.3 is 6.18 Å². The summed E-state index contributed by atoms with van der Waals surface area (Å²) in [6.07, 6.45) is -5.47. The van der Waals surface area contributed by atoms with Gasteiger partial charge in [0.15, 0.2) is 0 Å². The zero-order chi connectivity index (χ0) is 14.6. The predicted octanol–water partition coefficient (Wildman–Crippen LogP) is 4.98. The smallest absolute Gasteiger partial charge is 0.243 e. The quantitative estimate of drug-likeness (QED) is 0.541. The van der Waals surface area contributed by atoms with Crippen LogP contribution in [0, 0.1) is 5.82 Å². The molecule has 0 aromatic heterocycles. The van der Waals surface area contributed by atoms with Crippen molar-refractivity contribution in [3.05, 3.63) is 53.6 Å². The second-order valence-corrected chi connectivity index (χ2v) is 3.76. The fourth-order valence-electron chi connectivity index (χ4n) is 1.35. The molecule has 104 valence electrons. The van der Waals surface area contributed by atoms with Gasteiger partial charge in [-0.15, -0.1) is 0 Å². The Bertz CT molecular complexity index is 479. The van der Waals surface area contributed by atoms with Gasteiger partial charge in [0.1, 0.15) is 17.8 Å². The summed E-state index contributed by atoms with van der Waals surface area (Å²) in [6, 6.07) is 3.20. The molecule has 0 aliphatic rings. The molecular weight excluding hydrogens is 270 g/mol. The Morgan fingerprint density at radius 1 is 1.16 bits per heavy atom. The van der Waals surface area contributed by atoms with E-state index in [2.05, 4.69) is 0 Å². The Hall–Kier alpha value is -1.72. The van der Waals surface area contributed by atoms with E-state index < -0.39 is 35.1 Å². The lowest BCUT2D eigenvalue weighted by Gasteiger charge is -2.12. The van der Waals surface area contributed by atoms with Crippen molar-refractivity contribution in [2.24, 2.45) is 0 Å². The van der Waals surface area contributed by atoms with Crippen molar-refractivity contribution < 1.29 is 26.3 Å². The van der Waals surface area contributed by atoms with Gasteiger partial charge in [0, 0.05) is 0 Å². The molecule has 0 amide bonds. The largest absolute Gasteiger partial charge is 0.419 e. The lowest BCUT2D eigenvalue weighted by atomic mass is 10.0. The first-order valence-electron chi connectivity index (χ1n) is 5.27. The molecule has 19 heavy (non-hydrogen) atoms. The van der Waals surface area contributed by atoms with Crippen LogP contribution in [-0.4, -0.2) is 12.3 Å². The number of benzene rings is 1. The molecule has 0 radical (unpaired) electrons. The highest BCUT2D eigenvalue weighted by Crippen LogP contribution is 2.37. The van der Waals surface area contributed by atoms with Gasteiger partial charge in [0.2, 0.25) is 0 Å². The number of hydrogen-bond acceptors (Lipinski definition) is 0. The molecule has 1 aromatic rings. The van der Waals surface area contributed by atoms with Gasteiger partial charge in [-0.2, -0.15) is 13.2 Å². The van der Waals surface area contributed by atoms with Gasteiger partial charge in [0.25, 0.3) is 0 Å². The predicted molar refractivity (Wildman–Crippen MR) is 60.2 cm³/mol. The van der Waals surface area contributed by atoms with Gasteiger partial charge in [-0.1, -0.05) is 12.1 Å². The van der Waals surface area contributed by atoms with Crippen molar-refractivity contribution >= 4 is 5.57 Å². The van der Waals surface area contributed by atoms with E-state index in [0.717, 1.165) is 31.2 Å². The average molecular weight is 280 g/mol. The minimum Gasteiger partial charge on any atom is -0.243 e. The third-order valence-corrected chi connectivity index (χ3v) is 2.16. The lowest BCUT2D eigenvalue weighted by molar-refractivity contribution is -0.0699. The molecule has 0 heterocycles. The summed E-state index contributed by atoms with van der Waals surface area (Å²) < 4.78 is 76.9. The Morgan fingerprint density at radius 2 is 1.68 bits per heavy atom. The van der Waals surface area contributed by atoms with E-state index in [0.29, 0.717) is 12.2 Å². The van der Waals surface area contributed by atoms with Crippen LogP contribution in [0.5, 0.6) is 0 Å². The fraction of sp³-hybridized carbons (Fsp3) is 0.231. The minimum absolute atomic E-state index is 0.414. The van der Waals surface area contributed by atoms with Crippen LogP contribution in [0.1, 0.15) is 12.5 Å². The van der Waals surface area contributed by atoms with E-state index in [1.807, 2.05) is 0 Å². The molecule has 0 nitrogen and oxygen atoms in total. The molecule has 0 bridgehead atoms. The molecule has 0 aliphatic heterocycles. The van der Waals surface area contributed by atoms with E-state index >= 15 is 0 Å². The van der Waals surface area contributed by atoms with Crippen molar-refractivity contribution in [1.82, 2.24) is 0 Å². The fourth-order valence-corrected chi connectivity index (χ4v) is 1.35. The summed E-state index contributed by atoms with van der Waals surface area (Å²) in [6.45, 7) is 1.05. The first kappa shape index (κ1) is 15.3. The topological polar surface area (TPSA) is 0 Å². The summed E-state index contributed by atoms with van der Waals surface area (Å²) in [4.78, 5) is 0. The van der Waals surface area contributed by atoms with Crippen LogP contribution >= 0.6 is 0 Å². The Balaban J connectivity index is 3.30. The molecular formula is C13H10F6. The molecule has 1 rings (SSSR count). The normalized spacial score (nSPS) is 15.5. The molecule has 0 fully saturated rings. The van der Waals surface area contributed by atoms with Crippen molar-refractivity contribution in [3.63, 3.8) is 0 Å². The first-order valence-corrected chi connectivity index (χ1v) is 5.27. The van der Waals surface area contributed by atoms with E-state index in [-0.39, 0.29) is 0 Å². The molecule has 0 N–H and O–H groups in total. The maximum Gasteiger partial charge on any atom is 0.419 e. The van der Waals surface area contributed by atoms with Gasteiger partial charge < -0.3 is 0 Å². The van der Waals surface area contributed by atoms with E-state index in [1.165, 1.54) is 0 Å². The summed E-state index contributed by atoms with van der Waals surface area (Å²) in [5, 5.41) is 0.